The number of hydrogen-bond donors (Lipinski definition) is 0. The fraction of sp³-hybridized carbons (Fsp3) is 1.00. The fourth-order valence-electron chi connectivity index (χ4n) is 2.38. The second-order valence-corrected chi connectivity index (χ2v) is 19.6. The summed E-state index contributed by atoms with van der Waals surface area (Å²) in [7, 11) is -3.19. The van der Waals surface area contributed by atoms with Gasteiger partial charge in [-0.1, -0.05) is 13.3 Å². The average molecular weight is 261 g/mol. The van der Waals surface area contributed by atoms with E-state index in [2.05, 4.69) is 40.4 Å². The molecule has 0 aromatic carbocycles. The summed E-state index contributed by atoms with van der Waals surface area (Å²) in [6, 6.07) is 1.28. The van der Waals surface area contributed by atoms with E-state index in [-0.39, 0.29) is 5.60 Å². The standard InChI is InChI=1S/C12H28O2Si2/c1-7-8-10-13-16(6)11-9-12(2,3)14-15(16,4)5/h7-11H2,1-6H3. The van der Waals surface area contributed by atoms with Crippen molar-refractivity contribution in [2.75, 3.05) is 6.61 Å². The van der Waals surface area contributed by atoms with Crippen molar-refractivity contribution < 1.29 is 8.85 Å². The highest BCUT2D eigenvalue weighted by Gasteiger charge is 2.54. The molecule has 0 aliphatic carbocycles. The Balaban J connectivity index is 2.65. The van der Waals surface area contributed by atoms with E-state index in [0.29, 0.717) is 0 Å². The number of unbranched alkanes of at least 4 members (excludes halogenated alkanes) is 1. The van der Waals surface area contributed by atoms with Gasteiger partial charge in [-0.25, -0.2) is 0 Å². The summed E-state index contributed by atoms with van der Waals surface area (Å²) in [5.74, 6) is 0. The van der Waals surface area contributed by atoms with Crippen molar-refractivity contribution >= 4 is 15.7 Å². The van der Waals surface area contributed by atoms with Gasteiger partial charge in [0.1, 0.15) is 0 Å². The zero-order valence-electron chi connectivity index (χ0n) is 11.9. The van der Waals surface area contributed by atoms with Crippen LogP contribution in [0.15, 0.2) is 0 Å². The van der Waals surface area contributed by atoms with E-state index in [1.54, 1.807) is 0 Å². The first kappa shape index (κ1) is 14.4. The molecule has 1 aliphatic heterocycles. The third-order valence-electron chi connectivity index (χ3n) is 3.93. The second-order valence-electron chi connectivity index (χ2n) is 6.30. The van der Waals surface area contributed by atoms with Crippen molar-refractivity contribution in [1.29, 1.82) is 0 Å². The maximum absolute atomic E-state index is 6.38. The lowest BCUT2D eigenvalue weighted by molar-refractivity contribution is 0.0857. The summed E-state index contributed by atoms with van der Waals surface area (Å²) >= 11 is 0. The molecule has 0 saturated carbocycles. The van der Waals surface area contributed by atoms with Crippen molar-refractivity contribution in [1.82, 2.24) is 0 Å². The van der Waals surface area contributed by atoms with E-state index >= 15 is 0 Å². The van der Waals surface area contributed by atoms with E-state index in [0.717, 1.165) is 13.0 Å². The Hall–Kier alpha value is 0.354. The molecule has 4 heteroatoms. The van der Waals surface area contributed by atoms with Gasteiger partial charge in [0.2, 0.25) is 15.7 Å². The summed E-state index contributed by atoms with van der Waals surface area (Å²) in [6.07, 6.45) is 3.58. The predicted octanol–water partition coefficient (Wildman–Crippen LogP) is 3.86. The fourth-order valence-corrected chi connectivity index (χ4v) is 11.9. The van der Waals surface area contributed by atoms with Crippen LogP contribution in [0, 0.1) is 0 Å². The molecule has 16 heavy (non-hydrogen) atoms. The predicted molar refractivity (Wildman–Crippen MR) is 74.5 cm³/mol. The molecule has 1 aliphatic rings. The molecule has 2 nitrogen and oxygen atoms in total. The Labute approximate surface area is 103 Å². The van der Waals surface area contributed by atoms with Gasteiger partial charge in [0.15, 0.2) is 0 Å². The van der Waals surface area contributed by atoms with Crippen LogP contribution in [0.4, 0.5) is 0 Å². The van der Waals surface area contributed by atoms with Crippen molar-refractivity contribution in [2.45, 2.75) is 71.3 Å². The molecule has 0 bridgehead atoms. The summed E-state index contributed by atoms with van der Waals surface area (Å²) in [5.41, 5.74) is 0.0797. The molecule has 1 heterocycles. The van der Waals surface area contributed by atoms with E-state index < -0.39 is 15.7 Å². The SMILES string of the molecule is CCCCO[Si]1(C)CCC(C)(C)O[Si]1(C)C. The van der Waals surface area contributed by atoms with Crippen LogP contribution in [-0.2, 0) is 8.85 Å². The quantitative estimate of drug-likeness (QED) is 0.564. The molecule has 96 valence electrons. The van der Waals surface area contributed by atoms with Crippen molar-refractivity contribution in [3.63, 3.8) is 0 Å². The molecule has 0 aromatic heterocycles. The first-order valence-corrected chi connectivity index (χ1v) is 13.1. The van der Waals surface area contributed by atoms with Crippen LogP contribution in [0.1, 0.15) is 40.0 Å². The van der Waals surface area contributed by atoms with E-state index in [4.69, 9.17) is 8.85 Å². The van der Waals surface area contributed by atoms with Gasteiger partial charge in [-0.15, -0.1) is 0 Å². The third-order valence-corrected chi connectivity index (χ3v) is 18.7. The largest absolute Gasteiger partial charge is 0.417 e. The minimum atomic E-state index is -1.61. The Bertz CT molecular complexity index is 241. The highest BCUT2D eigenvalue weighted by Crippen LogP contribution is 2.39. The lowest BCUT2D eigenvalue weighted by Crippen LogP contribution is -2.67. The summed E-state index contributed by atoms with van der Waals surface area (Å²) in [4.78, 5) is 0. The summed E-state index contributed by atoms with van der Waals surface area (Å²) in [6.45, 7) is 14.7. The van der Waals surface area contributed by atoms with Crippen LogP contribution in [-0.4, -0.2) is 27.9 Å². The Morgan fingerprint density at radius 3 is 2.38 bits per heavy atom. The highest BCUT2D eigenvalue weighted by atomic mass is 29.3. The third kappa shape index (κ3) is 3.18. The smallest absolute Gasteiger partial charge is 0.207 e. The van der Waals surface area contributed by atoms with Crippen LogP contribution < -0.4 is 0 Å². The Morgan fingerprint density at radius 1 is 1.25 bits per heavy atom. The van der Waals surface area contributed by atoms with Gasteiger partial charge >= 0.3 is 0 Å². The number of hydrogen-bond acceptors (Lipinski definition) is 2. The molecule has 0 N–H and O–H groups in total. The van der Waals surface area contributed by atoms with E-state index in [9.17, 15) is 0 Å². The van der Waals surface area contributed by atoms with Crippen LogP contribution >= 0.6 is 0 Å². The van der Waals surface area contributed by atoms with Crippen LogP contribution in [0.2, 0.25) is 25.7 Å². The Morgan fingerprint density at radius 2 is 1.88 bits per heavy atom. The second kappa shape index (κ2) is 4.92. The van der Waals surface area contributed by atoms with Gasteiger partial charge in [-0.05, 0) is 52.4 Å². The molecule has 1 rings (SSSR count). The van der Waals surface area contributed by atoms with Crippen LogP contribution in [0.25, 0.3) is 0 Å². The van der Waals surface area contributed by atoms with E-state index in [1.807, 2.05) is 0 Å². The highest BCUT2D eigenvalue weighted by molar-refractivity contribution is 7.36. The first-order chi connectivity index (χ1) is 7.22. The average Bonchev–Trinajstić information content (AvgIpc) is 2.12. The van der Waals surface area contributed by atoms with Gasteiger partial charge in [-0.2, -0.15) is 0 Å². The molecule has 1 fully saturated rings. The molecule has 0 radical (unpaired) electrons. The molecule has 0 amide bonds. The molecular formula is C12H28O2Si2. The Kier molecular flexibility index (Phi) is 4.43. The molecule has 1 atom stereocenters. The summed E-state index contributed by atoms with van der Waals surface area (Å²) in [5, 5.41) is 0. The van der Waals surface area contributed by atoms with Gasteiger partial charge in [0.05, 0.1) is 5.60 Å². The molecule has 0 spiro atoms. The molecule has 1 saturated heterocycles. The molecular weight excluding hydrogens is 232 g/mol. The van der Waals surface area contributed by atoms with Crippen LogP contribution in [0.5, 0.6) is 0 Å². The van der Waals surface area contributed by atoms with Gasteiger partial charge in [-0.3, -0.25) is 0 Å². The first-order valence-electron chi connectivity index (χ1n) is 6.57. The van der Waals surface area contributed by atoms with Crippen molar-refractivity contribution in [3.05, 3.63) is 0 Å². The maximum Gasteiger partial charge on any atom is 0.207 e. The normalized spacial score (nSPS) is 32.6. The van der Waals surface area contributed by atoms with E-state index in [1.165, 1.54) is 18.9 Å². The lowest BCUT2D eigenvalue weighted by Gasteiger charge is -2.50. The molecule has 0 aromatic rings. The topological polar surface area (TPSA) is 18.5 Å². The zero-order valence-corrected chi connectivity index (χ0v) is 13.9. The zero-order chi connectivity index (χ0) is 12.4. The van der Waals surface area contributed by atoms with Crippen molar-refractivity contribution in [2.24, 2.45) is 0 Å². The van der Waals surface area contributed by atoms with Gasteiger partial charge < -0.3 is 8.85 Å². The minimum absolute atomic E-state index is 0.0797. The van der Waals surface area contributed by atoms with Crippen molar-refractivity contribution in [3.8, 4) is 0 Å². The maximum atomic E-state index is 6.38. The van der Waals surface area contributed by atoms with Gasteiger partial charge in [0.25, 0.3) is 0 Å². The minimum Gasteiger partial charge on any atom is -0.417 e. The van der Waals surface area contributed by atoms with Crippen LogP contribution in [0.3, 0.4) is 0 Å². The summed E-state index contributed by atoms with van der Waals surface area (Å²) < 4.78 is 12.7. The van der Waals surface area contributed by atoms with Gasteiger partial charge in [0, 0.05) is 6.61 Å². The molecule has 1 unspecified atom stereocenters. The monoisotopic (exact) mass is 260 g/mol. The number of rotatable bonds is 4. The lowest BCUT2D eigenvalue weighted by atomic mass is 10.1.